The van der Waals surface area contributed by atoms with Crippen molar-refractivity contribution in [2.75, 3.05) is 0 Å². The molecular formula is C6H8OS2. The highest BCUT2D eigenvalue weighted by atomic mass is 32.9. The molecule has 3 heteroatoms. The van der Waals surface area contributed by atoms with Crippen molar-refractivity contribution in [1.82, 2.24) is 0 Å². The highest BCUT2D eigenvalue weighted by molar-refractivity contribution is 7.67. The zero-order valence-corrected chi connectivity index (χ0v) is 6.85. The number of aryl methyl sites for hydroxylation is 1. The van der Waals surface area contributed by atoms with Crippen molar-refractivity contribution in [3.8, 4) is 0 Å². The highest BCUT2D eigenvalue weighted by Crippen LogP contribution is 2.06. The Balaban J connectivity index is 2.81. The van der Waals surface area contributed by atoms with E-state index in [9.17, 15) is 4.79 Å². The molecule has 0 unspecified atom stereocenters. The normalized spacial score (nSPS) is 9.89. The average Bonchev–Trinajstić information content (AvgIpc) is 2.18. The lowest BCUT2D eigenvalue weighted by Crippen LogP contribution is -1.96. The van der Waals surface area contributed by atoms with Crippen LogP contribution in [0, 0.1) is 0 Å². The topological polar surface area (TPSA) is 17.1 Å². The van der Waals surface area contributed by atoms with Crippen LogP contribution < -0.4 is 4.74 Å². The summed E-state index contributed by atoms with van der Waals surface area (Å²) in [6.07, 6.45) is 2.01. The summed E-state index contributed by atoms with van der Waals surface area (Å²) in [5.74, 6) is 0. The van der Waals surface area contributed by atoms with E-state index in [1.807, 2.05) is 5.38 Å². The number of hydrogen-bond donors (Lipinski definition) is 0. The predicted octanol–water partition coefficient (Wildman–Crippen LogP) is 2.12. The van der Waals surface area contributed by atoms with Crippen molar-refractivity contribution >= 4 is 20.7 Å². The van der Waals surface area contributed by atoms with Crippen molar-refractivity contribution in [1.29, 1.82) is 0 Å². The zero-order valence-electron chi connectivity index (χ0n) is 5.22. The molecule has 0 saturated carbocycles. The SMILES string of the molecule is CCCc1cssc1=O. The van der Waals surface area contributed by atoms with Crippen LogP contribution in [0.15, 0.2) is 10.2 Å². The first-order chi connectivity index (χ1) is 4.34. The maximum atomic E-state index is 10.8. The van der Waals surface area contributed by atoms with Gasteiger partial charge >= 0.3 is 0 Å². The molecule has 0 saturated heterocycles. The summed E-state index contributed by atoms with van der Waals surface area (Å²) in [6, 6.07) is 0. The van der Waals surface area contributed by atoms with E-state index in [1.54, 1.807) is 0 Å². The van der Waals surface area contributed by atoms with Crippen molar-refractivity contribution in [2.45, 2.75) is 19.8 Å². The van der Waals surface area contributed by atoms with E-state index in [0.29, 0.717) is 0 Å². The smallest absolute Gasteiger partial charge is 0.246 e. The lowest BCUT2D eigenvalue weighted by Gasteiger charge is -1.84. The summed E-state index contributed by atoms with van der Waals surface area (Å²) in [5, 5.41) is 1.95. The van der Waals surface area contributed by atoms with Crippen LogP contribution in [0.4, 0.5) is 0 Å². The summed E-state index contributed by atoms with van der Waals surface area (Å²) in [5.41, 5.74) is 0.993. The summed E-state index contributed by atoms with van der Waals surface area (Å²) in [6.45, 7) is 2.09. The lowest BCUT2D eigenvalue weighted by atomic mass is 10.2. The minimum absolute atomic E-state index is 0.252. The third-order valence-corrected chi connectivity index (χ3v) is 3.02. The molecule has 0 aliphatic rings. The van der Waals surface area contributed by atoms with Gasteiger partial charge in [-0.15, -0.1) is 0 Å². The number of hydrogen-bond acceptors (Lipinski definition) is 3. The fourth-order valence-electron chi connectivity index (χ4n) is 0.658. The van der Waals surface area contributed by atoms with Gasteiger partial charge in [0, 0.05) is 10.9 Å². The minimum Gasteiger partial charge on any atom is -0.277 e. The molecule has 9 heavy (non-hydrogen) atoms. The van der Waals surface area contributed by atoms with Crippen molar-refractivity contribution < 1.29 is 0 Å². The predicted molar refractivity (Wildman–Crippen MR) is 42.5 cm³/mol. The lowest BCUT2D eigenvalue weighted by molar-refractivity contribution is 0.922. The Morgan fingerprint density at radius 1 is 1.67 bits per heavy atom. The van der Waals surface area contributed by atoms with Crippen LogP contribution in [0.5, 0.6) is 0 Å². The molecule has 0 atom stereocenters. The van der Waals surface area contributed by atoms with Crippen LogP contribution >= 0.6 is 20.7 Å². The van der Waals surface area contributed by atoms with Gasteiger partial charge in [-0.25, -0.2) is 0 Å². The fourth-order valence-corrected chi connectivity index (χ4v) is 2.55. The van der Waals surface area contributed by atoms with E-state index in [1.165, 1.54) is 20.7 Å². The molecule has 0 fully saturated rings. The molecule has 0 N–H and O–H groups in total. The van der Waals surface area contributed by atoms with E-state index >= 15 is 0 Å². The van der Waals surface area contributed by atoms with E-state index in [0.717, 1.165) is 18.4 Å². The highest BCUT2D eigenvalue weighted by Gasteiger charge is 1.96. The van der Waals surface area contributed by atoms with Gasteiger partial charge in [0.05, 0.1) is 0 Å². The number of rotatable bonds is 2. The van der Waals surface area contributed by atoms with E-state index in [4.69, 9.17) is 0 Å². The Bertz CT molecular complexity index is 223. The van der Waals surface area contributed by atoms with Gasteiger partial charge in [-0.2, -0.15) is 0 Å². The Morgan fingerprint density at radius 2 is 2.44 bits per heavy atom. The monoisotopic (exact) mass is 160 g/mol. The molecule has 0 aliphatic carbocycles. The van der Waals surface area contributed by atoms with Gasteiger partial charge in [-0.3, -0.25) is 4.79 Å². The molecule has 1 aromatic heterocycles. The van der Waals surface area contributed by atoms with Crippen molar-refractivity contribution in [2.24, 2.45) is 0 Å². The van der Waals surface area contributed by atoms with Gasteiger partial charge in [-0.05, 0) is 16.8 Å². The molecule has 0 radical (unpaired) electrons. The second-order valence-electron chi connectivity index (χ2n) is 1.86. The Hall–Kier alpha value is -0.150. The van der Waals surface area contributed by atoms with Crippen LogP contribution in [0.2, 0.25) is 0 Å². The molecule has 1 rings (SSSR count). The Labute approximate surface area is 61.4 Å². The van der Waals surface area contributed by atoms with Gasteiger partial charge in [-0.1, -0.05) is 23.7 Å². The molecule has 0 amide bonds. The molecule has 1 aromatic rings. The van der Waals surface area contributed by atoms with Crippen LogP contribution in [0.3, 0.4) is 0 Å². The molecule has 0 aliphatic heterocycles. The Kier molecular flexibility index (Phi) is 2.42. The van der Waals surface area contributed by atoms with E-state index in [-0.39, 0.29) is 4.74 Å². The first-order valence-electron chi connectivity index (χ1n) is 2.91. The standard InChI is InChI=1S/C6H8OS2/c1-2-3-5-4-8-9-6(5)7/h4H,2-3H2,1H3. The molecule has 1 nitrogen and oxygen atoms in total. The second-order valence-corrected chi connectivity index (χ2v) is 3.90. The third-order valence-electron chi connectivity index (χ3n) is 1.10. The fraction of sp³-hybridized carbons (Fsp3) is 0.500. The maximum Gasteiger partial charge on any atom is 0.246 e. The molecule has 1 heterocycles. The first-order valence-corrected chi connectivity index (χ1v) is 5.12. The second kappa shape index (κ2) is 3.13. The van der Waals surface area contributed by atoms with Gasteiger partial charge in [0.1, 0.15) is 0 Å². The molecule has 50 valence electrons. The molecule has 0 aromatic carbocycles. The molecule has 0 spiro atoms. The summed E-state index contributed by atoms with van der Waals surface area (Å²) >= 11 is 0. The van der Waals surface area contributed by atoms with Gasteiger partial charge in [0.15, 0.2) is 0 Å². The summed E-state index contributed by atoms with van der Waals surface area (Å²) in [4.78, 5) is 10.8. The van der Waals surface area contributed by atoms with Crippen LogP contribution in [-0.4, -0.2) is 0 Å². The quantitative estimate of drug-likeness (QED) is 0.606. The first kappa shape index (κ1) is 6.96. The van der Waals surface area contributed by atoms with Gasteiger partial charge in [0.25, 0.3) is 0 Å². The summed E-state index contributed by atoms with van der Waals surface area (Å²) in [7, 11) is 2.87. The van der Waals surface area contributed by atoms with Gasteiger partial charge < -0.3 is 0 Å². The van der Waals surface area contributed by atoms with Gasteiger partial charge in [0.2, 0.25) is 4.74 Å². The van der Waals surface area contributed by atoms with Crippen LogP contribution in [0.1, 0.15) is 18.9 Å². The van der Waals surface area contributed by atoms with Crippen molar-refractivity contribution in [3.63, 3.8) is 0 Å². The molecular weight excluding hydrogens is 152 g/mol. The third kappa shape index (κ3) is 1.63. The molecule has 0 bridgehead atoms. The maximum absolute atomic E-state index is 10.8. The van der Waals surface area contributed by atoms with Crippen molar-refractivity contribution in [3.05, 3.63) is 20.5 Å². The average molecular weight is 160 g/mol. The minimum atomic E-state index is 0.252. The van der Waals surface area contributed by atoms with E-state index in [2.05, 4.69) is 6.92 Å². The Morgan fingerprint density at radius 3 is 2.89 bits per heavy atom. The largest absolute Gasteiger partial charge is 0.277 e. The van der Waals surface area contributed by atoms with E-state index < -0.39 is 0 Å². The zero-order chi connectivity index (χ0) is 6.69. The van der Waals surface area contributed by atoms with Crippen LogP contribution in [0.25, 0.3) is 0 Å². The van der Waals surface area contributed by atoms with Crippen LogP contribution in [-0.2, 0) is 6.42 Å². The summed E-state index contributed by atoms with van der Waals surface area (Å²) < 4.78 is 0.252.